The molecule has 72 valence electrons. The summed E-state index contributed by atoms with van der Waals surface area (Å²) in [6.07, 6.45) is 7.11. The van der Waals surface area contributed by atoms with Crippen molar-refractivity contribution in [1.82, 2.24) is 9.78 Å². The van der Waals surface area contributed by atoms with E-state index in [2.05, 4.69) is 32.6 Å². The Balaban J connectivity index is 2.06. The summed E-state index contributed by atoms with van der Waals surface area (Å²) in [5.74, 6) is 0.908. The van der Waals surface area contributed by atoms with E-state index in [1.807, 2.05) is 12.3 Å². The van der Waals surface area contributed by atoms with Crippen molar-refractivity contribution in [2.45, 2.75) is 38.6 Å². The molecule has 0 saturated heterocycles. The van der Waals surface area contributed by atoms with E-state index in [0.29, 0.717) is 6.04 Å². The Morgan fingerprint density at radius 1 is 1.38 bits per heavy atom. The lowest BCUT2D eigenvalue weighted by atomic mass is 9.87. The molecule has 1 aromatic heterocycles. The van der Waals surface area contributed by atoms with Crippen LogP contribution < -0.4 is 0 Å². The summed E-state index contributed by atoms with van der Waals surface area (Å²) in [4.78, 5) is 0. The normalized spacial score (nSPS) is 29.1. The lowest BCUT2D eigenvalue weighted by molar-refractivity contribution is 0.271. The molecule has 1 heterocycles. The predicted molar refractivity (Wildman–Crippen MR) is 56.6 cm³/mol. The van der Waals surface area contributed by atoms with E-state index in [1.54, 1.807) is 0 Å². The smallest absolute Gasteiger partial charge is 0.104 e. The molecule has 0 radical (unpaired) electrons. The molecule has 1 fully saturated rings. The Morgan fingerprint density at radius 3 is 2.62 bits per heavy atom. The van der Waals surface area contributed by atoms with Gasteiger partial charge >= 0.3 is 0 Å². The van der Waals surface area contributed by atoms with E-state index >= 15 is 0 Å². The first-order valence-electron chi connectivity index (χ1n) is 4.96. The minimum Gasteiger partial charge on any atom is -0.255 e. The second kappa shape index (κ2) is 3.82. The molecule has 2 nitrogen and oxygen atoms in total. The molecule has 0 aliphatic heterocycles. The molecule has 1 saturated carbocycles. The number of halogens is 1. The summed E-state index contributed by atoms with van der Waals surface area (Å²) in [7, 11) is 0. The zero-order valence-electron chi connectivity index (χ0n) is 7.91. The molecule has 13 heavy (non-hydrogen) atoms. The van der Waals surface area contributed by atoms with E-state index in [1.165, 1.54) is 25.7 Å². The van der Waals surface area contributed by atoms with Gasteiger partial charge in [0.25, 0.3) is 0 Å². The van der Waals surface area contributed by atoms with E-state index in [4.69, 9.17) is 0 Å². The van der Waals surface area contributed by atoms with E-state index in [0.717, 1.165) is 10.5 Å². The molecule has 1 aromatic rings. The molecule has 3 heteroatoms. The van der Waals surface area contributed by atoms with Crippen LogP contribution in [0, 0.1) is 5.92 Å². The van der Waals surface area contributed by atoms with Gasteiger partial charge in [-0.1, -0.05) is 6.92 Å². The first-order chi connectivity index (χ1) is 6.27. The highest BCUT2D eigenvalue weighted by Gasteiger charge is 2.20. The minimum absolute atomic E-state index is 0.626. The van der Waals surface area contributed by atoms with Crippen LogP contribution in [0.15, 0.2) is 16.9 Å². The van der Waals surface area contributed by atoms with Crippen molar-refractivity contribution in [2.24, 2.45) is 5.92 Å². The van der Waals surface area contributed by atoms with Crippen molar-refractivity contribution in [2.75, 3.05) is 0 Å². The first-order valence-corrected chi connectivity index (χ1v) is 5.75. The van der Waals surface area contributed by atoms with Crippen molar-refractivity contribution in [3.05, 3.63) is 16.9 Å². The average molecular weight is 243 g/mol. The minimum atomic E-state index is 0.626. The van der Waals surface area contributed by atoms with E-state index in [-0.39, 0.29) is 0 Å². The van der Waals surface area contributed by atoms with Crippen molar-refractivity contribution >= 4 is 15.9 Å². The monoisotopic (exact) mass is 242 g/mol. The molecule has 2 rings (SSSR count). The van der Waals surface area contributed by atoms with Crippen LogP contribution in [0.2, 0.25) is 0 Å². The maximum atomic E-state index is 4.33. The maximum Gasteiger partial charge on any atom is 0.104 e. The van der Waals surface area contributed by atoms with Crippen LogP contribution in [0.3, 0.4) is 0 Å². The van der Waals surface area contributed by atoms with Gasteiger partial charge in [-0.25, -0.2) is 0 Å². The molecule has 0 unspecified atom stereocenters. The van der Waals surface area contributed by atoms with Crippen molar-refractivity contribution in [3.63, 3.8) is 0 Å². The van der Waals surface area contributed by atoms with Gasteiger partial charge in [-0.05, 0) is 53.6 Å². The van der Waals surface area contributed by atoms with Gasteiger partial charge in [0.15, 0.2) is 0 Å². The molecule has 0 amide bonds. The molecule has 0 spiro atoms. The van der Waals surface area contributed by atoms with Crippen molar-refractivity contribution in [1.29, 1.82) is 0 Å². The van der Waals surface area contributed by atoms with Crippen LogP contribution in [0.4, 0.5) is 0 Å². The number of nitrogens with zero attached hydrogens (tertiary/aromatic N) is 2. The summed E-state index contributed by atoms with van der Waals surface area (Å²) in [6, 6.07) is 2.64. The van der Waals surface area contributed by atoms with Crippen LogP contribution in [0.1, 0.15) is 38.6 Å². The van der Waals surface area contributed by atoms with Crippen LogP contribution >= 0.6 is 15.9 Å². The Hall–Kier alpha value is -0.310. The summed E-state index contributed by atoms with van der Waals surface area (Å²) in [6.45, 7) is 2.34. The van der Waals surface area contributed by atoms with Gasteiger partial charge < -0.3 is 0 Å². The molecular formula is C10H15BrN2. The summed E-state index contributed by atoms with van der Waals surface area (Å²) in [5.41, 5.74) is 0. The van der Waals surface area contributed by atoms with Gasteiger partial charge in [0, 0.05) is 0 Å². The Labute approximate surface area is 87.5 Å². The van der Waals surface area contributed by atoms with E-state index < -0.39 is 0 Å². The molecule has 0 atom stereocenters. The lowest BCUT2D eigenvalue weighted by Crippen LogP contribution is -2.17. The standard InChI is InChI=1S/C10H15BrN2/c1-8-2-4-9(5-3-8)13-10(11)6-7-12-13/h6-9H,2-5H2,1H3. The number of aromatic nitrogens is 2. The number of rotatable bonds is 1. The fraction of sp³-hybridized carbons (Fsp3) is 0.700. The topological polar surface area (TPSA) is 17.8 Å². The Morgan fingerprint density at radius 2 is 2.08 bits per heavy atom. The van der Waals surface area contributed by atoms with Gasteiger partial charge in [0.2, 0.25) is 0 Å². The predicted octanol–water partition coefficient (Wildman–Crippen LogP) is 3.40. The zero-order chi connectivity index (χ0) is 9.26. The van der Waals surface area contributed by atoms with Gasteiger partial charge in [-0.3, -0.25) is 4.68 Å². The molecule has 0 N–H and O–H groups in total. The Bertz CT molecular complexity index is 274. The largest absolute Gasteiger partial charge is 0.255 e. The van der Waals surface area contributed by atoms with Crippen LogP contribution in [-0.4, -0.2) is 9.78 Å². The zero-order valence-corrected chi connectivity index (χ0v) is 9.50. The molecule has 0 aromatic carbocycles. The van der Waals surface area contributed by atoms with Crippen molar-refractivity contribution in [3.8, 4) is 0 Å². The summed E-state index contributed by atoms with van der Waals surface area (Å²) < 4.78 is 3.23. The molecule has 1 aliphatic rings. The molecular weight excluding hydrogens is 228 g/mol. The Kier molecular flexibility index (Phi) is 2.72. The molecule has 1 aliphatic carbocycles. The van der Waals surface area contributed by atoms with Gasteiger partial charge in [-0.2, -0.15) is 5.10 Å². The highest BCUT2D eigenvalue weighted by atomic mass is 79.9. The lowest BCUT2D eigenvalue weighted by Gasteiger charge is -2.26. The van der Waals surface area contributed by atoms with Crippen molar-refractivity contribution < 1.29 is 0 Å². The third kappa shape index (κ3) is 1.96. The second-order valence-electron chi connectivity index (χ2n) is 4.01. The maximum absolute atomic E-state index is 4.33. The summed E-state index contributed by atoms with van der Waals surface area (Å²) in [5, 5.41) is 4.33. The van der Waals surface area contributed by atoms with E-state index in [9.17, 15) is 0 Å². The number of hydrogen-bond donors (Lipinski definition) is 0. The summed E-state index contributed by atoms with van der Waals surface area (Å²) >= 11 is 3.52. The van der Waals surface area contributed by atoms with Gasteiger partial charge in [-0.15, -0.1) is 0 Å². The van der Waals surface area contributed by atoms with Crippen LogP contribution in [0.5, 0.6) is 0 Å². The van der Waals surface area contributed by atoms with Gasteiger partial charge in [0.1, 0.15) is 4.60 Å². The fourth-order valence-electron chi connectivity index (χ4n) is 2.05. The van der Waals surface area contributed by atoms with Gasteiger partial charge in [0.05, 0.1) is 12.2 Å². The van der Waals surface area contributed by atoms with Crippen LogP contribution in [0.25, 0.3) is 0 Å². The van der Waals surface area contributed by atoms with Crippen LogP contribution in [-0.2, 0) is 0 Å². The quantitative estimate of drug-likeness (QED) is 0.739. The number of hydrogen-bond acceptors (Lipinski definition) is 1. The second-order valence-corrected chi connectivity index (χ2v) is 4.82. The highest BCUT2D eigenvalue weighted by Crippen LogP contribution is 2.32. The highest BCUT2D eigenvalue weighted by molar-refractivity contribution is 9.10. The third-order valence-electron chi connectivity index (χ3n) is 2.95. The average Bonchev–Trinajstić information content (AvgIpc) is 2.53. The fourth-order valence-corrected chi connectivity index (χ4v) is 2.55. The first kappa shape index (κ1) is 9.25. The third-order valence-corrected chi connectivity index (χ3v) is 3.58. The SMILES string of the molecule is CC1CCC(n2nccc2Br)CC1. The molecule has 0 bridgehead atoms.